The number of methoxy groups -OCH3 is 1. The molecule has 0 aromatic heterocycles. The average molecular weight is 285 g/mol. The molecule has 0 saturated heterocycles. The summed E-state index contributed by atoms with van der Waals surface area (Å²) < 4.78 is 5.19. The molecule has 0 heterocycles. The van der Waals surface area contributed by atoms with Crippen LogP contribution in [0, 0.1) is 6.92 Å². The van der Waals surface area contributed by atoms with Crippen LogP contribution in [-0.2, 0) is 6.54 Å². The number of urea groups is 1. The lowest BCUT2D eigenvalue weighted by Crippen LogP contribution is -2.19. The van der Waals surface area contributed by atoms with E-state index in [2.05, 4.69) is 10.6 Å². The summed E-state index contributed by atoms with van der Waals surface area (Å²) in [7, 11) is 1.62. The molecule has 0 aliphatic heterocycles. The Balaban J connectivity index is 2.02. The summed E-state index contributed by atoms with van der Waals surface area (Å²) in [5.74, 6) is 0.789. The summed E-state index contributed by atoms with van der Waals surface area (Å²) in [5, 5.41) is 5.56. The van der Waals surface area contributed by atoms with Gasteiger partial charge < -0.3 is 21.1 Å². The lowest BCUT2D eigenvalue weighted by atomic mass is 10.2. The molecule has 0 aliphatic carbocycles. The van der Waals surface area contributed by atoms with Gasteiger partial charge in [-0.25, -0.2) is 4.79 Å². The van der Waals surface area contributed by atoms with E-state index in [1.165, 1.54) is 0 Å². The van der Waals surface area contributed by atoms with Crippen LogP contribution in [0.5, 0.6) is 5.75 Å². The molecule has 5 heteroatoms. The van der Waals surface area contributed by atoms with Gasteiger partial charge in [-0.3, -0.25) is 0 Å². The first kappa shape index (κ1) is 14.9. The van der Waals surface area contributed by atoms with Crippen molar-refractivity contribution in [1.82, 2.24) is 0 Å². The molecule has 2 rings (SSSR count). The predicted molar refractivity (Wildman–Crippen MR) is 84.7 cm³/mol. The molecule has 2 aromatic carbocycles. The Labute approximate surface area is 124 Å². The van der Waals surface area contributed by atoms with Crippen LogP contribution >= 0.6 is 0 Å². The van der Waals surface area contributed by atoms with E-state index in [1.54, 1.807) is 13.2 Å². The topological polar surface area (TPSA) is 76.4 Å². The van der Waals surface area contributed by atoms with E-state index < -0.39 is 0 Å². The molecule has 0 saturated carbocycles. The van der Waals surface area contributed by atoms with Gasteiger partial charge in [0.1, 0.15) is 5.75 Å². The van der Waals surface area contributed by atoms with Crippen molar-refractivity contribution in [2.24, 2.45) is 5.73 Å². The first-order chi connectivity index (χ1) is 10.1. The van der Waals surface area contributed by atoms with Gasteiger partial charge in [0.2, 0.25) is 0 Å². The molecule has 110 valence electrons. The minimum atomic E-state index is -0.297. The molecular weight excluding hydrogens is 266 g/mol. The highest BCUT2D eigenvalue weighted by Crippen LogP contribution is 2.21. The van der Waals surface area contributed by atoms with Crippen LogP contribution in [-0.4, -0.2) is 13.1 Å². The highest BCUT2D eigenvalue weighted by molar-refractivity contribution is 5.99. The second-order valence-corrected chi connectivity index (χ2v) is 4.67. The summed E-state index contributed by atoms with van der Waals surface area (Å²) in [6, 6.07) is 12.6. The fourth-order valence-corrected chi connectivity index (χ4v) is 2.03. The van der Waals surface area contributed by atoms with E-state index in [9.17, 15) is 4.79 Å². The van der Waals surface area contributed by atoms with Crippen molar-refractivity contribution in [1.29, 1.82) is 0 Å². The minimum absolute atomic E-state index is 0.297. The number of aryl methyl sites for hydroxylation is 1. The number of anilines is 2. The van der Waals surface area contributed by atoms with Crippen molar-refractivity contribution >= 4 is 17.4 Å². The second-order valence-electron chi connectivity index (χ2n) is 4.67. The summed E-state index contributed by atoms with van der Waals surface area (Å²) in [6.07, 6.45) is 0. The van der Waals surface area contributed by atoms with Crippen molar-refractivity contribution in [2.45, 2.75) is 13.5 Å². The van der Waals surface area contributed by atoms with Crippen LogP contribution in [0.3, 0.4) is 0 Å². The van der Waals surface area contributed by atoms with Crippen LogP contribution in [0.1, 0.15) is 11.1 Å². The Hall–Kier alpha value is -2.53. The Morgan fingerprint density at radius 2 is 1.86 bits per heavy atom. The highest BCUT2D eigenvalue weighted by Gasteiger charge is 2.05. The molecule has 0 radical (unpaired) electrons. The van der Waals surface area contributed by atoms with Crippen molar-refractivity contribution in [2.75, 3.05) is 17.7 Å². The number of rotatable bonds is 4. The Morgan fingerprint density at radius 1 is 1.14 bits per heavy atom. The van der Waals surface area contributed by atoms with E-state index in [0.29, 0.717) is 17.9 Å². The third kappa shape index (κ3) is 3.97. The van der Waals surface area contributed by atoms with Crippen LogP contribution in [0.25, 0.3) is 0 Å². The van der Waals surface area contributed by atoms with Crippen molar-refractivity contribution < 1.29 is 9.53 Å². The number of nitrogens with one attached hydrogen (secondary N) is 2. The lowest BCUT2D eigenvalue weighted by molar-refractivity contribution is 0.262. The minimum Gasteiger partial charge on any atom is -0.496 e. The van der Waals surface area contributed by atoms with Gasteiger partial charge in [-0.05, 0) is 48.4 Å². The van der Waals surface area contributed by atoms with Gasteiger partial charge in [0.25, 0.3) is 0 Å². The zero-order chi connectivity index (χ0) is 15.2. The van der Waals surface area contributed by atoms with Gasteiger partial charge >= 0.3 is 6.03 Å². The summed E-state index contributed by atoms with van der Waals surface area (Å²) >= 11 is 0. The maximum absolute atomic E-state index is 12.0. The fourth-order valence-electron chi connectivity index (χ4n) is 2.03. The second kappa shape index (κ2) is 6.76. The van der Waals surface area contributed by atoms with E-state index >= 15 is 0 Å². The number of amides is 2. The Morgan fingerprint density at radius 3 is 2.48 bits per heavy atom. The molecule has 0 atom stereocenters. The third-order valence-corrected chi connectivity index (χ3v) is 3.07. The smallest absolute Gasteiger partial charge is 0.323 e. The van der Waals surface area contributed by atoms with Crippen molar-refractivity contribution in [3.63, 3.8) is 0 Å². The molecular formula is C16H19N3O2. The molecule has 0 unspecified atom stereocenters. The molecule has 0 bridgehead atoms. The maximum Gasteiger partial charge on any atom is 0.323 e. The molecule has 0 spiro atoms. The summed E-state index contributed by atoms with van der Waals surface area (Å²) in [5.41, 5.74) is 8.92. The zero-order valence-electron chi connectivity index (χ0n) is 12.1. The van der Waals surface area contributed by atoms with Crippen LogP contribution in [0.2, 0.25) is 0 Å². The molecule has 0 aliphatic rings. The van der Waals surface area contributed by atoms with Gasteiger partial charge in [0.05, 0.1) is 7.11 Å². The summed E-state index contributed by atoms with van der Waals surface area (Å²) in [4.78, 5) is 12.0. The van der Waals surface area contributed by atoms with Gasteiger partial charge in [0, 0.05) is 17.9 Å². The van der Waals surface area contributed by atoms with E-state index in [4.69, 9.17) is 10.5 Å². The predicted octanol–water partition coefficient (Wildman–Crippen LogP) is 3.11. The first-order valence-electron chi connectivity index (χ1n) is 6.64. The number of hydrogen-bond donors (Lipinski definition) is 3. The lowest BCUT2D eigenvalue weighted by Gasteiger charge is -2.10. The zero-order valence-corrected chi connectivity index (χ0v) is 12.1. The van der Waals surface area contributed by atoms with E-state index in [1.807, 2.05) is 43.3 Å². The van der Waals surface area contributed by atoms with Crippen molar-refractivity contribution in [3.8, 4) is 5.75 Å². The molecule has 2 aromatic rings. The van der Waals surface area contributed by atoms with Crippen LogP contribution in [0.15, 0.2) is 42.5 Å². The average Bonchev–Trinajstić information content (AvgIpc) is 2.47. The normalized spacial score (nSPS) is 10.0. The SMILES string of the molecule is COc1ccc(NC(=O)Nc2cccc(CN)c2)cc1C. The van der Waals surface area contributed by atoms with E-state index in [-0.39, 0.29) is 6.03 Å². The molecule has 21 heavy (non-hydrogen) atoms. The monoisotopic (exact) mass is 285 g/mol. The molecule has 4 N–H and O–H groups in total. The van der Waals surface area contributed by atoms with Crippen LogP contribution < -0.4 is 21.1 Å². The van der Waals surface area contributed by atoms with Crippen molar-refractivity contribution in [3.05, 3.63) is 53.6 Å². The largest absolute Gasteiger partial charge is 0.496 e. The fraction of sp³-hybridized carbons (Fsp3) is 0.188. The first-order valence-corrected chi connectivity index (χ1v) is 6.64. The third-order valence-electron chi connectivity index (χ3n) is 3.07. The number of carbonyl (C=O) groups excluding carboxylic acids is 1. The van der Waals surface area contributed by atoms with Gasteiger partial charge in [-0.2, -0.15) is 0 Å². The molecule has 5 nitrogen and oxygen atoms in total. The maximum atomic E-state index is 12.0. The summed E-state index contributed by atoms with van der Waals surface area (Å²) in [6.45, 7) is 2.36. The van der Waals surface area contributed by atoms with Gasteiger partial charge in [-0.1, -0.05) is 12.1 Å². The number of benzene rings is 2. The van der Waals surface area contributed by atoms with Crippen LogP contribution in [0.4, 0.5) is 16.2 Å². The quantitative estimate of drug-likeness (QED) is 0.808. The van der Waals surface area contributed by atoms with Gasteiger partial charge in [0.15, 0.2) is 0 Å². The standard InChI is InChI=1S/C16H19N3O2/c1-11-8-14(6-7-15(11)21-2)19-16(20)18-13-5-3-4-12(9-13)10-17/h3-9H,10,17H2,1-2H3,(H2,18,19,20). The number of ether oxygens (including phenoxy) is 1. The highest BCUT2D eigenvalue weighted by atomic mass is 16.5. The Bertz CT molecular complexity index is 641. The number of nitrogens with two attached hydrogens (primary N) is 1. The molecule has 0 fully saturated rings. The van der Waals surface area contributed by atoms with E-state index in [0.717, 1.165) is 16.9 Å². The Kier molecular flexibility index (Phi) is 4.79. The van der Waals surface area contributed by atoms with Gasteiger partial charge in [-0.15, -0.1) is 0 Å². The number of hydrogen-bond acceptors (Lipinski definition) is 3. The molecule has 2 amide bonds. The number of carbonyl (C=O) groups is 1.